The Kier molecular flexibility index (Phi) is 2.88. The molecule has 0 bridgehead atoms. The highest BCUT2D eigenvalue weighted by Gasteiger charge is 2.26. The Morgan fingerprint density at radius 2 is 2.21 bits per heavy atom. The Morgan fingerprint density at radius 1 is 1.42 bits per heavy atom. The lowest BCUT2D eigenvalue weighted by Gasteiger charge is -2.08. The first-order chi connectivity index (χ1) is 9.29. The number of nitriles is 1. The summed E-state index contributed by atoms with van der Waals surface area (Å²) in [6.07, 6.45) is 2.29. The van der Waals surface area contributed by atoms with Gasteiger partial charge in [-0.3, -0.25) is 9.78 Å². The number of para-hydroxylation sites is 1. The van der Waals surface area contributed by atoms with E-state index in [1.54, 1.807) is 0 Å². The molecule has 0 saturated heterocycles. The van der Waals surface area contributed by atoms with Crippen LogP contribution in [0.15, 0.2) is 30.3 Å². The molecule has 4 heteroatoms. The number of carbonyl (C=O) groups excluding carboxylic acids is 1. The zero-order valence-corrected chi connectivity index (χ0v) is 10.4. The Morgan fingerprint density at radius 3 is 2.95 bits per heavy atom. The molecule has 1 heterocycles. The van der Waals surface area contributed by atoms with Crippen LogP contribution in [0.2, 0.25) is 0 Å². The number of fused-ring (bicyclic) bond motifs is 1. The van der Waals surface area contributed by atoms with Crippen molar-refractivity contribution in [3.63, 3.8) is 0 Å². The summed E-state index contributed by atoms with van der Waals surface area (Å²) in [5, 5.41) is 12.0. The van der Waals surface area contributed by atoms with Crippen molar-refractivity contribution in [2.45, 2.75) is 18.8 Å². The summed E-state index contributed by atoms with van der Waals surface area (Å²) in [7, 11) is 0. The van der Waals surface area contributed by atoms with E-state index in [2.05, 4.69) is 10.3 Å². The van der Waals surface area contributed by atoms with Crippen LogP contribution in [0, 0.1) is 11.3 Å². The first-order valence-electron chi connectivity index (χ1n) is 6.34. The van der Waals surface area contributed by atoms with Crippen molar-refractivity contribution in [2.24, 2.45) is 0 Å². The second-order valence-corrected chi connectivity index (χ2v) is 4.73. The monoisotopic (exact) mass is 251 g/mol. The maximum absolute atomic E-state index is 12.1. The highest BCUT2D eigenvalue weighted by atomic mass is 16.1. The molecule has 4 nitrogen and oxygen atoms in total. The number of aromatic nitrogens is 1. The number of nitrogens with zero attached hydrogens (tertiary/aromatic N) is 2. The van der Waals surface area contributed by atoms with Gasteiger partial charge in [0, 0.05) is 17.0 Å². The number of carbonyl (C=O) groups is 1. The van der Waals surface area contributed by atoms with Crippen molar-refractivity contribution >= 4 is 16.8 Å². The molecule has 1 fully saturated rings. The van der Waals surface area contributed by atoms with Gasteiger partial charge in [0.25, 0.3) is 5.91 Å². The summed E-state index contributed by atoms with van der Waals surface area (Å²) in [5.41, 5.74) is 2.44. The van der Waals surface area contributed by atoms with E-state index in [9.17, 15) is 4.79 Å². The minimum Gasteiger partial charge on any atom is -0.339 e. The van der Waals surface area contributed by atoms with Gasteiger partial charge in [0.2, 0.25) is 0 Å². The second kappa shape index (κ2) is 4.69. The number of hydrogen-bond acceptors (Lipinski definition) is 3. The van der Waals surface area contributed by atoms with E-state index in [0.717, 1.165) is 29.4 Å². The molecule has 2 aromatic rings. The van der Waals surface area contributed by atoms with E-state index < -0.39 is 0 Å². The molecule has 1 aromatic carbocycles. The molecular formula is C15H13N3O. The Balaban J connectivity index is 2.09. The Labute approximate surface area is 111 Å². The molecule has 1 N–H and O–H groups in total. The second-order valence-electron chi connectivity index (χ2n) is 4.73. The maximum atomic E-state index is 12.1. The summed E-state index contributed by atoms with van der Waals surface area (Å²) in [6.45, 7) is 0.0221. The van der Waals surface area contributed by atoms with E-state index in [4.69, 9.17) is 5.26 Å². The lowest BCUT2D eigenvalue weighted by molar-refractivity contribution is 0.0960. The predicted octanol–water partition coefficient (Wildman–Crippen LogP) is 2.37. The van der Waals surface area contributed by atoms with Gasteiger partial charge in [0.1, 0.15) is 6.54 Å². The van der Waals surface area contributed by atoms with Crippen molar-refractivity contribution in [1.82, 2.24) is 10.3 Å². The molecule has 1 saturated carbocycles. The summed E-state index contributed by atoms with van der Waals surface area (Å²) in [4.78, 5) is 16.7. The molecule has 0 aliphatic heterocycles. The number of benzene rings is 1. The minimum atomic E-state index is -0.206. The summed E-state index contributed by atoms with van der Waals surface area (Å²) < 4.78 is 0. The SMILES string of the molecule is N#CCNC(=O)c1cc(C2CC2)nc2ccccc12. The molecule has 1 aliphatic rings. The van der Waals surface area contributed by atoms with Crippen LogP contribution < -0.4 is 5.32 Å². The van der Waals surface area contributed by atoms with Gasteiger partial charge >= 0.3 is 0 Å². The van der Waals surface area contributed by atoms with E-state index >= 15 is 0 Å². The van der Waals surface area contributed by atoms with Crippen LogP contribution in [-0.4, -0.2) is 17.4 Å². The molecule has 19 heavy (non-hydrogen) atoms. The van der Waals surface area contributed by atoms with E-state index in [-0.39, 0.29) is 12.5 Å². The highest BCUT2D eigenvalue weighted by Crippen LogP contribution is 2.40. The fourth-order valence-corrected chi connectivity index (χ4v) is 2.19. The van der Waals surface area contributed by atoms with Gasteiger partial charge < -0.3 is 5.32 Å². The lowest BCUT2D eigenvalue weighted by atomic mass is 10.1. The van der Waals surface area contributed by atoms with Crippen LogP contribution in [0.1, 0.15) is 34.8 Å². The number of pyridine rings is 1. The zero-order chi connectivity index (χ0) is 13.2. The molecule has 0 atom stereocenters. The minimum absolute atomic E-state index is 0.0221. The molecular weight excluding hydrogens is 238 g/mol. The van der Waals surface area contributed by atoms with Crippen LogP contribution in [0.4, 0.5) is 0 Å². The number of hydrogen-bond donors (Lipinski definition) is 1. The maximum Gasteiger partial charge on any atom is 0.252 e. The first-order valence-corrected chi connectivity index (χ1v) is 6.34. The topological polar surface area (TPSA) is 65.8 Å². The van der Waals surface area contributed by atoms with Gasteiger partial charge in [-0.15, -0.1) is 0 Å². The third kappa shape index (κ3) is 2.27. The highest BCUT2D eigenvalue weighted by molar-refractivity contribution is 6.06. The molecule has 0 spiro atoms. The predicted molar refractivity (Wildman–Crippen MR) is 71.7 cm³/mol. The van der Waals surface area contributed by atoms with Gasteiger partial charge in [-0.05, 0) is 25.0 Å². The smallest absolute Gasteiger partial charge is 0.252 e. The fraction of sp³-hybridized carbons (Fsp3) is 0.267. The molecule has 94 valence electrons. The molecule has 1 aliphatic carbocycles. The van der Waals surface area contributed by atoms with Crippen molar-refractivity contribution in [2.75, 3.05) is 6.54 Å². The average molecular weight is 251 g/mol. The largest absolute Gasteiger partial charge is 0.339 e. The van der Waals surface area contributed by atoms with Crippen LogP contribution in [0.3, 0.4) is 0 Å². The lowest BCUT2D eigenvalue weighted by Crippen LogP contribution is -2.24. The first kappa shape index (κ1) is 11.7. The molecule has 0 radical (unpaired) electrons. The van der Waals surface area contributed by atoms with Crippen LogP contribution >= 0.6 is 0 Å². The van der Waals surface area contributed by atoms with Gasteiger partial charge in [-0.2, -0.15) is 5.26 Å². The fourth-order valence-electron chi connectivity index (χ4n) is 2.19. The standard InChI is InChI=1S/C15H13N3O/c16-7-8-17-15(19)12-9-14(10-5-6-10)18-13-4-2-1-3-11(12)13/h1-4,9-10H,5-6,8H2,(H,17,19). The number of nitrogens with one attached hydrogen (secondary N) is 1. The molecule has 1 amide bonds. The van der Waals surface area contributed by atoms with E-state index in [0.29, 0.717) is 11.5 Å². The van der Waals surface area contributed by atoms with Crippen molar-refractivity contribution < 1.29 is 4.79 Å². The van der Waals surface area contributed by atoms with Gasteiger partial charge in [-0.1, -0.05) is 18.2 Å². The molecule has 3 rings (SSSR count). The third-order valence-electron chi connectivity index (χ3n) is 3.30. The summed E-state index contributed by atoms with van der Waals surface area (Å²) >= 11 is 0. The van der Waals surface area contributed by atoms with Gasteiger partial charge in [-0.25, -0.2) is 0 Å². The Hall–Kier alpha value is -2.41. The average Bonchev–Trinajstić information content (AvgIpc) is 3.28. The zero-order valence-electron chi connectivity index (χ0n) is 10.4. The van der Waals surface area contributed by atoms with Gasteiger partial charge in [0.05, 0.1) is 17.1 Å². The number of amides is 1. The van der Waals surface area contributed by atoms with Gasteiger partial charge in [0.15, 0.2) is 0 Å². The molecule has 1 aromatic heterocycles. The van der Waals surface area contributed by atoms with Crippen LogP contribution in [0.5, 0.6) is 0 Å². The van der Waals surface area contributed by atoms with E-state index in [1.165, 1.54) is 0 Å². The van der Waals surface area contributed by atoms with Crippen LogP contribution in [-0.2, 0) is 0 Å². The van der Waals surface area contributed by atoms with Crippen molar-refractivity contribution in [1.29, 1.82) is 5.26 Å². The van der Waals surface area contributed by atoms with Crippen LogP contribution in [0.25, 0.3) is 10.9 Å². The normalized spacial score (nSPS) is 14.1. The Bertz CT molecular complexity index is 683. The summed E-state index contributed by atoms with van der Waals surface area (Å²) in [5.74, 6) is 0.286. The van der Waals surface area contributed by atoms with Crippen molar-refractivity contribution in [3.05, 3.63) is 41.6 Å². The quantitative estimate of drug-likeness (QED) is 0.851. The number of rotatable bonds is 3. The van der Waals surface area contributed by atoms with Crippen molar-refractivity contribution in [3.8, 4) is 6.07 Å². The third-order valence-corrected chi connectivity index (χ3v) is 3.30. The molecule has 0 unspecified atom stereocenters. The summed E-state index contributed by atoms with van der Waals surface area (Å²) in [6, 6.07) is 11.4. The van der Waals surface area contributed by atoms with E-state index in [1.807, 2.05) is 36.4 Å².